The van der Waals surface area contributed by atoms with Gasteiger partial charge in [0.25, 0.3) is 6.26 Å². The summed E-state index contributed by atoms with van der Waals surface area (Å²) in [6.45, 7) is 19.2. The first kappa shape index (κ1) is 37.3. The van der Waals surface area contributed by atoms with Gasteiger partial charge in [-0.2, -0.15) is 5.26 Å². The van der Waals surface area contributed by atoms with Gasteiger partial charge in [-0.15, -0.1) is 0 Å². The largest absolute Gasteiger partial charge is 0.427 e. The fourth-order valence-corrected chi connectivity index (χ4v) is 10.8. The Morgan fingerprint density at radius 3 is 1.23 bits per heavy atom. The molecule has 3 fully saturated rings. The molecule has 0 amide bonds. The molecule has 6 atom stereocenters. The smallest absolute Gasteiger partial charge is 0.336 e. The number of hydrogen-bond donors (Lipinski definition) is 0. The van der Waals surface area contributed by atoms with Crippen LogP contribution in [-0.4, -0.2) is 45.6 Å². The lowest BCUT2D eigenvalue weighted by Gasteiger charge is -2.48. The first-order valence-electron chi connectivity index (χ1n) is 17.2. The molecule has 1 heterocycles. The summed E-state index contributed by atoms with van der Waals surface area (Å²) in [4.78, 5) is 74.5. The van der Waals surface area contributed by atoms with Crippen molar-refractivity contribution < 1.29 is 14.3 Å². The average molecular weight is 667 g/mol. The molecule has 3 aliphatic rings. The molecule has 1 aromatic rings. The second-order valence-corrected chi connectivity index (χ2v) is 18.8. The van der Waals surface area contributed by atoms with Crippen molar-refractivity contribution in [3.8, 4) is 6.26 Å². The van der Waals surface area contributed by atoms with Crippen molar-refractivity contribution in [3.05, 3.63) is 31.5 Å². The monoisotopic (exact) mass is 666 g/mol. The maximum absolute atomic E-state index is 14.8. The lowest BCUT2D eigenvalue weighted by atomic mass is 9.62. The maximum atomic E-state index is 14.8. The molecule has 1 aromatic heterocycles. The molecular weight excluding hydrogens is 612 g/mol. The van der Waals surface area contributed by atoms with Crippen LogP contribution in [0.5, 0.6) is 0 Å². The Hall–Kier alpha value is -3.54. The zero-order valence-electron chi connectivity index (χ0n) is 30.4. The fraction of sp³-hybridized carbons (Fsp3) is 0.833. The summed E-state index contributed by atoms with van der Waals surface area (Å²) in [5.41, 5.74) is -4.17. The van der Waals surface area contributed by atoms with Gasteiger partial charge in [-0.3, -0.25) is 0 Å². The maximum Gasteiger partial charge on any atom is 0.336 e. The van der Waals surface area contributed by atoms with Crippen molar-refractivity contribution in [3.63, 3.8) is 0 Å². The van der Waals surface area contributed by atoms with E-state index < -0.39 is 51.4 Å². The highest BCUT2D eigenvalue weighted by atomic mass is 16.5. The van der Waals surface area contributed by atoms with Gasteiger partial charge in [-0.25, -0.2) is 47.7 Å². The molecule has 0 N–H and O–H groups in total. The van der Waals surface area contributed by atoms with Crippen LogP contribution in [0.15, 0.2) is 24.4 Å². The van der Waals surface area contributed by atoms with Crippen LogP contribution < -0.4 is 17.1 Å². The van der Waals surface area contributed by atoms with Crippen molar-refractivity contribution >= 4 is 12.2 Å². The number of ether oxygens (including phenoxy) is 1. The fourth-order valence-electron chi connectivity index (χ4n) is 10.8. The summed E-state index contributed by atoms with van der Waals surface area (Å²) in [6.07, 6.45) is 10.2. The van der Waals surface area contributed by atoms with Crippen molar-refractivity contribution in [2.45, 2.75) is 138 Å². The van der Waals surface area contributed by atoms with E-state index in [4.69, 9.17) is 4.74 Å². The summed E-state index contributed by atoms with van der Waals surface area (Å²) < 4.78 is 9.19. The molecule has 0 spiro atoms. The van der Waals surface area contributed by atoms with Gasteiger partial charge in [0.1, 0.15) is 6.61 Å². The second-order valence-electron chi connectivity index (χ2n) is 18.8. The second kappa shape index (κ2) is 13.1. The summed E-state index contributed by atoms with van der Waals surface area (Å²) in [7, 11) is 0. The molecule has 12 heteroatoms. The number of hydrogen-bond acceptors (Lipinski definition) is 9. The molecule has 264 valence electrons. The van der Waals surface area contributed by atoms with Crippen LogP contribution in [0.4, 0.5) is 0 Å². The first-order valence-corrected chi connectivity index (χ1v) is 17.2. The Bertz CT molecular complexity index is 1620. The van der Waals surface area contributed by atoms with Crippen molar-refractivity contribution in [1.29, 1.82) is 5.26 Å². The number of isocyanates is 2. The van der Waals surface area contributed by atoms with Gasteiger partial charge in [0.2, 0.25) is 12.2 Å². The minimum Gasteiger partial charge on any atom is -0.427 e. The van der Waals surface area contributed by atoms with Gasteiger partial charge in [-0.05, 0) is 84.9 Å². The van der Waals surface area contributed by atoms with Crippen LogP contribution in [0.2, 0.25) is 0 Å². The lowest BCUT2D eigenvalue weighted by molar-refractivity contribution is 0.00585. The number of nitriles is 1. The highest BCUT2D eigenvalue weighted by molar-refractivity contribution is 5.33. The van der Waals surface area contributed by atoms with Crippen molar-refractivity contribution in [1.82, 2.24) is 13.7 Å². The van der Waals surface area contributed by atoms with E-state index in [0.717, 1.165) is 19.3 Å². The van der Waals surface area contributed by atoms with Crippen molar-refractivity contribution in [2.24, 2.45) is 42.5 Å². The molecule has 48 heavy (non-hydrogen) atoms. The summed E-state index contributed by atoms with van der Waals surface area (Å²) in [5, 5.41) is 9.21. The van der Waals surface area contributed by atoms with Gasteiger partial charge in [0.05, 0.1) is 13.1 Å². The topological polar surface area (TPSA) is 158 Å². The third-order valence-corrected chi connectivity index (χ3v) is 11.1. The number of nitrogens with zero attached hydrogens (tertiary/aromatic N) is 6. The van der Waals surface area contributed by atoms with E-state index in [1.807, 2.05) is 20.8 Å². The van der Waals surface area contributed by atoms with Gasteiger partial charge in [0, 0.05) is 23.5 Å². The molecular formula is C36H54N6O6. The first-order chi connectivity index (χ1) is 22.1. The molecule has 0 radical (unpaired) electrons. The zero-order chi connectivity index (χ0) is 35.9. The van der Waals surface area contributed by atoms with E-state index in [2.05, 4.69) is 51.5 Å². The van der Waals surface area contributed by atoms with E-state index in [0.29, 0.717) is 38.5 Å². The Balaban J connectivity index is 2.00. The average Bonchev–Trinajstić information content (AvgIpc) is 2.91. The Morgan fingerprint density at radius 1 is 0.604 bits per heavy atom. The van der Waals surface area contributed by atoms with E-state index >= 15 is 0 Å². The molecule has 0 aliphatic heterocycles. The van der Waals surface area contributed by atoms with Gasteiger partial charge in [-0.1, -0.05) is 62.3 Å². The summed E-state index contributed by atoms with van der Waals surface area (Å²) in [6, 6.07) is -1.61. The van der Waals surface area contributed by atoms with Crippen LogP contribution in [0, 0.1) is 44.0 Å². The predicted octanol–water partition coefficient (Wildman–Crippen LogP) is 5.61. The van der Waals surface area contributed by atoms with Crippen LogP contribution >= 0.6 is 0 Å². The Morgan fingerprint density at radius 2 is 0.917 bits per heavy atom. The van der Waals surface area contributed by atoms with Gasteiger partial charge in [0.15, 0.2) is 0 Å². The molecule has 0 saturated heterocycles. The Kier molecular flexibility index (Phi) is 10.1. The summed E-state index contributed by atoms with van der Waals surface area (Å²) >= 11 is 0. The molecule has 4 rings (SSSR count). The minimum atomic E-state index is -0.625. The highest BCUT2D eigenvalue weighted by Gasteiger charge is 2.48. The molecule has 0 bridgehead atoms. The van der Waals surface area contributed by atoms with Crippen LogP contribution in [0.25, 0.3) is 0 Å². The number of aromatic nitrogens is 3. The zero-order valence-corrected chi connectivity index (χ0v) is 30.4. The van der Waals surface area contributed by atoms with E-state index in [-0.39, 0.29) is 35.9 Å². The molecule has 3 saturated carbocycles. The van der Waals surface area contributed by atoms with E-state index in [1.54, 1.807) is 18.4 Å². The predicted molar refractivity (Wildman–Crippen MR) is 181 cm³/mol. The molecule has 12 nitrogen and oxygen atoms in total. The quantitative estimate of drug-likeness (QED) is 0.188. The lowest BCUT2D eigenvalue weighted by Crippen LogP contribution is -2.60. The summed E-state index contributed by atoms with van der Waals surface area (Å²) in [5.74, 6) is 0. The third kappa shape index (κ3) is 8.01. The van der Waals surface area contributed by atoms with Crippen molar-refractivity contribution in [2.75, 3.05) is 19.7 Å². The molecule has 6 unspecified atom stereocenters. The van der Waals surface area contributed by atoms with E-state index in [9.17, 15) is 29.2 Å². The highest BCUT2D eigenvalue weighted by Crippen LogP contribution is 2.53. The van der Waals surface area contributed by atoms with Crippen LogP contribution in [0.3, 0.4) is 0 Å². The van der Waals surface area contributed by atoms with Gasteiger partial charge < -0.3 is 4.74 Å². The van der Waals surface area contributed by atoms with Crippen LogP contribution in [-0.2, 0) is 14.3 Å². The standard InChI is InChI=1S/C36H54N6O6/c1-31(2)10-25(13-34(7,16-31)19-38-23-43)40-28(45)41(26-11-32(3,4)17-35(8,14-26)20-39-24-44)30(47)42(29(40)46)27-12-33(5,6)18-36(9,15-27)21-48-22-37/h25-27H,10-21H2,1-9H3. The van der Waals surface area contributed by atoms with E-state index in [1.165, 1.54) is 13.7 Å². The number of carbonyl (C=O) groups excluding carboxylic acids is 2. The SMILES string of the molecule is CC1(C)CC(n2c(=O)n(C3CC(C)(C)CC(C)(CN=C=O)C3)c(=O)n(C3CC(C)(C)CC(C)(COC#N)C3)c2=O)CC(C)(CN=C=O)C1. The van der Waals surface area contributed by atoms with Gasteiger partial charge >= 0.3 is 17.1 Å². The third-order valence-electron chi connectivity index (χ3n) is 11.1. The molecule has 0 aromatic carbocycles. The minimum absolute atomic E-state index is 0.158. The Labute approximate surface area is 283 Å². The molecule has 3 aliphatic carbocycles. The normalized spacial score (nSPS) is 33.8. The van der Waals surface area contributed by atoms with Crippen LogP contribution in [0.1, 0.15) is 138 Å². The number of aliphatic imine (C=N–C) groups is 2. The number of rotatable bonds is 9.